The second-order valence-corrected chi connectivity index (χ2v) is 9.59. The fraction of sp³-hybridized carbons (Fsp3) is 0.276. The summed E-state index contributed by atoms with van der Waals surface area (Å²) >= 11 is 6.50. The molecule has 0 bridgehead atoms. The predicted octanol–water partition coefficient (Wildman–Crippen LogP) is 6.23. The van der Waals surface area contributed by atoms with Crippen LogP contribution in [0.5, 0.6) is 5.75 Å². The number of alkyl halides is 3. The Bertz CT molecular complexity index is 1420. The van der Waals surface area contributed by atoms with Crippen molar-refractivity contribution < 1.29 is 32.2 Å². The number of hydrazone groups is 1. The summed E-state index contributed by atoms with van der Waals surface area (Å²) in [5.74, 6) is 0.154. The van der Waals surface area contributed by atoms with E-state index in [-0.39, 0.29) is 25.4 Å². The maximum Gasteiger partial charge on any atom is 0.416 e. The summed E-state index contributed by atoms with van der Waals surface area (Å²) in [6.45, 7) is -0.197. The number of hydrogen-bond donors (Lipinski definition) is 1. The molecule has 0 unspecified atom stereocenters. The average Bonchev–Trinajstić information content (AvgIpc) is 3.41. The van der Waals surface area contributed by atoms with E-state index in [1.54, 1.807) is 25.3 Å². The lowest BCUT2D eigenvalue weighted by atomic mass is 9.98. The first-order chi connectivity index (χ1) is 19.6. The van der Waals surface area contributed by atoms with Crippen molar-refractivity contribution in [2.24, 2.45) is 5.10 Å². The molecule has 3 amide bonds. The molecular weight excluding hydrogens is 561 g/mol. The van der Waals surface area contributed by atoms with Crippen LogP contribution in [0.2, 0.25) is 5.02 Å². The first-order valence-corrected chi connectivity index (χ1v) is 13.0. The van der Waals surface area contributed by atoms with Crippen LogP contribution in [-0.2, 0) is 15.7 Å². The van der Waals surface area contributed by atoms with Gasteiger partial charge < -0.3 is 19.7 Å². The third kappa shape index (κ3) is 7.36. The minimum atomic E-state index is -4.50. The van der Waals surface area contributed by atoms with Gasteiger partial charge in [-0.2, -0.15) is 18.3 Å². The standard InChI is InChI=1S/C29H28ClF3N4O4/c1-40-15-14-36(28(39)34-21-12-10-20(11-13-21)29(31,32)33)18-27(38)37-26(23-8-3-4-9-24(23)30)17-25(35-37)19-6-5-7-22(16-19)41-2/h3-13,16,26H,14-15,17-18H2,1-2H3,(H,34,39)/t26-/m1/s1. The summed E-state index contributed by atoms with van der Waals surface area (Å²) in [5.41, 5.74) is 1.41. The highest BCUT2D eigenvalue weighted by Gasteiger charge is 2.35. The van der Waals surface area contributed by atoms with Gasteiger partial charge in [-0.1, -0.05) is 41.9 Å². The number of urea groups is 1. The number of ether oxygens (including phenoxy) is 2. The summed E-state index contributed by atoms with van der Waals surface area (Å²) in [4.78, 5) is 28.0. The molecule has 216 valence electrons. The van der Waals surface area contributed by atoms with E-state index < -0.39 is 29.7 Å². The summed E-state index contributed by atoms with van der Waals surface area (Å²) in [6, 6.07) is 17.3. The van der Waals surface area contributed by atoms with E-state index >= 15 is 0 Å². The van der Waals surface area contributed by atoms with Crippen LogP contribution in [0.1, 0.15) is 29.2 Å². The van der Waals surface area contributed by atoms with Crippen molar-refractivity contribution in [1.29, 1.82) is 0 Å². The van der Waals surface area contributed by atoms with Gasteiger partial charge in [0.2, 0.25) is 0 Å². The molecular formula is C29H28ClF3N4O4. The topological polar surface area (TPSA) is 83.5 Å². The maximum atomic E-state index is 13.7. The minimum Gasteiger partial charge on any atom is -0.497 e. The number of benzene rings is 3. The fourth-order valence-corrected chi connectivity index (χ4v) is 4.60. The number of methoxy groups -OCH3 is 2. The molecule has 8 nitrogen and oxygen atoms in total. The van der Waals surface area contributed by atoms with Crippen molar-refractivity contribution in [2.75, 3.05) is 39.2 Å². The number of nitrogens with zero attached hydrogens (tertiary/aromatic N) is 3. The van der Waals surface area contributed by atoms with Gasteiger partial charge in [0.15, 0.2) is 0 Å². The van der Waals surface area contributed by atoms with Gasteiger partial charge in [-0.25, -0.2) is 9.80 Å². The molecule has 4 rings (SSSR count). The highest BCUT2D eigenvalue weighted by Crippen LogP contribution is 2.37. The Morgan fingerprint density at radius 1 is 1.07 bits per heavy atom. The van der Waals surface area contributed by atoms with E-state index in [1.165, 1.54) is 17.0 Å². The molecule has 0 saturated heterocycles. The molecule has 0 radical (unpaired) electrons. The molecule has 1 N–H and O–H groups in total. The van der Waals surface area contributed by atoms with Crippen LogP contribution in [-0.4, -0.2) is 61.5 Å². The smallest absolute Gasteiger partial charge is 0.416 e. The maximum absolute atomic E-state index is 13.7. The Morgan fingerprint density at radius 3 is 2.46 bits per heavy atom. The van der Waals surface area contributed by atoms with Gasteiger partial charge in [-0.15, -0.1) is 0 Å². The normalized spacial score (nSPS) is 14.9. The molecule has 3 aromatic carbocycles. The lowest BCUT2D eigenvalue weighted by Gasteiger charge is -2.27. The Hall–Kier alpha value is -4.09. The molecule has 0 aliphatic carbocycles. The highest BCUT2D eigenvalue weighted by molar-refractivity contribution is 6.31. The first-order valence-electron chi connectivity index (χ1n) is 12.6. The highest BCUT2D eigenvalue weighted by atomic mass is 35.5. The number of halogens is 4. The van der Waals surface area contributed by atoms with Crippen LogP contribution in [0.25, 0.3) is 0 Å². The molecule has 0 spiro atoms. The second kappa shape index (κ2) is 13.0. The van der Waals surface area contributed by atoms with Crippen molar-refractivity contribution in [1.82, 2.24) is 9.91 Å². The van der Waals surface area contributed by atoms with E-state index in [4.69, 9.17) is 21.1 Å². The number of carbonyl (C=O) groups excluding carboxylic acids is 2. The average molecular weight is 589 g/mol. The molecule has 12 heteroatoms. The summed E-state index contributed by atoms with van der Waals surface area (Å²) in [5, 5.41) is 8.97. The Kier molecular flexibility index (Phi) is 9.51. The van der Waals surface area contributed by atoms with Crippen LogP contribution in [0.4, 0.5) is 23.7 Å². The lowest BCUT2D eigenvalue weighted by Crippen LogP contribution is -2.44. The van der Waals surface area contributed by atoms with Crippen molar-refractivity contribution in [2.45, 2.75) is 18.6 Å². The van der Waals surface area contributed by atoms with Crippen LogP contribution >= 0.6 is 11.6 Å². The zero-order chi connectivity index (χ0) is 29.6. The number of rotatable bonds is 9. The van der Waals surface area contributed by atoms with Gasteiger partial charge >= 0.3 is 12.2 Å². The van der Waals surface area contributed by atoms with Gasteiger partial charge in [0.25, 0.3) is 5.91 Å². The number of amides is 3. The Balaban J connectivity index is 1.58. The number of carbonyl (C=O) groups is 2. The molecule has 3 aromatic rings. The first kappa shape index (κ1) is 29.9. The monoisotopic (exact) mass is 588 g/mol. The van der Waals surface area contributed by atoms with Gasteiger partial charge in [0, 0.05) is 36.3 Å². The van der Waals surface area contributed by atoms with E-state index in [0.29, 0.717) is 28.5 Å². The molecule has 1 atom stereocenters. The molecule has 1 aliphatic rings. The van der Waals surface area contributed by atoms with Gasteiger partial charge in [-0.3, -0.25) is 4.79 Å². The summed E-state index contributed by atoms with van der Waals surface area (Å²) in [7, 11) is 3.01. The molecule has 41 heavy (non-hydrogen) atoms. The second-order valence-electron chi connectivity index (χ2n) is 9.18. The molecule has 0 aromatic heterocycles. The lowest BCUT2D eigenvalue weighted by molar-refractivity contribution is -0.137. The van der Waals surface area contributed by atoms with Crippen molar-refractivity contribution in [3.63, 3.8) is 0 Å². The van der Waals surface area contributed by atoms with E-state index in [9.17, 15) is 22.8 Å². The quantitative estimate of drug-likeness (QED) is 0.321. The van der Waals surface area contributed by atoms with E-state index in [2.05, 4.69) is 10.4 Å². The van der Waals surface area contributed by atoms with Crippen LogP contribution in [0, 0.1) is 0 Å². The molecule has 1 aliphatic heterocycles. The number of anilines is 1. The summed E-state index contributed by atoms with van der Waals surface area (Å²) < 4.78 is 49.2. The van der Waals surface area contributed by atoms with Crippen molar-refractivity contribution >= 4 is 34.9 Å². The molecule has 0 saturated carbocycles. The van der Waals surface area contributed by atoms with Gasteiger partial charge in [0.1, 0.15) is 12.3 Å². The number of hydrogen-bond acceptors (Lipinski definition) is 5. The largest absolute Gasteiger partial charge is 0.497 e. The molecule has 1 heterocycles. The summed E-state index contributed by atoms with van der Waals surface area (Å²) in [6.07, 6.45) is -4.13. The Labute approximate surface area is 240 Å². The fourth-order valence-electron chi connectivity index (χ4n) is 4.34. The predicted molar refractivity (Wildman–Crippen MR) is 149 cm³/mol. The van der Waals surface area contributed by atoms with E-state index in [0.717, 1.165) is 29.8 Å². The van der Waals surface area contributed by atoms with Crippen molar-refractivity contribution in [3.8, 4) is 5.75 Å². The zero-order valence-corrected chi connectivity index (χ0v) is 23.1. The van der Waals surface area contributed by atoms with Gasteiger partial charge in [-0.05, 0) is 48.0 Å². The Morgan fingerprint density at radius 2 is 1.80 bits per heavy atom. The van der Waals surface area contributed by atoms with Crippen LogP contribution < -0.4 is 10.1 Å². The SMILES string of the molecule is COCCN(CC(=O)N1N=C(c2cccc(OC)c2)C[C@@H]1c1ccccc1Cl)C(=O)Nc1ccc(C(F)(F)F)cc1. The zero-order valence-electron chi connectivity index (χ0n) is 22.3. The van der Waals surface area contributed by atoms with E-state index in [1.807, 2.05) is 30.3 Å². The number of nitrogens with one attached hydrogen (secondary N) is 1. The molecule has 0 fully saturated rings. The van der Waals surface area contributed by atoms with Crippen LogP contribution in [0.15, 0.2) is 77.9 Å². The van der Waals surface area contributed by atoms with Crippen molar-refractivity contribution in [3.05, 3.63) is 94.5 Å². The van der Waals surface area contributed by atoms with Crippen LogP contribution in [0.3, 0.4) is 0 Å². The third-order valence-electron chi connectivity index (χ3n) is 6.48. The minimum absolute atomic E-state index is 0.0474. The van der Waals surface area contributed by atoms with Gasteiger partial charge in [0.05, 0.1) is 31.0 Å². The third-order valence-corrected chi connectivity index (χ3v) is 6.82.